The van der Waals surface area contributed by atoms with Gasteiger partial charge in [-0.3, -0.25) is 0 Å². The van der Waals surface area contributed by atoms with Gasteiger partial charge >= 0.3 is 0 Å². The minimum Gasteiger partial charge on any atom is -0.454 e. The van der Waals surface area contributed by atoms with Crippen molar-refractivity contribution in [2.24, 2.45) is 4.99 Å². The van der Waals surface area contributed by atoms with Gasteiger partial charge in [0.05, 0.1) is 15.7 Å². The molecule has 2 rings (SSSR count). The van der Waals surface area contributed by atoms with Crippen LogP contribution in [0.1, 0.15) is 0 Å². The molecule has 20 heavy (non-hydrogen) atoms. The lowest BCUT2D eigenvalue weighted by molar-refractivity contribution is 0.469. The van der Waals surface area contributed by atoms with Gasteiger partial charge in [0.1, 0.15) is 17.4 Å². The van der Waals surface area contributed by atoms with Crippen LogP contribution in [0, 0.1) is 11.6 Å². The summed E-state index contributed by atoms with van der Waals surface area (Å²) in [7, 11) is 0. The van der Waals surface area contributed by atoms with Crippen LogP contribution in [0.5, 0.6) is 11.5 Å². The van der Waals surface area contributed by atoms with E-state index in [1.54, 1.807) is 0 Å². The molecule has 0 bridgehead atoms. The molecule has 2 aromatic rings. The molecule has 3 nitrogen and oxygen atoms in total. The van der Waals surface area contributed by atoms with Gasteiger partial charge in [-0.25, -0.2) is 13.6 Å². The fraction of sp³-hybridized carbons (Fsp3) is 0. The third-order valence-electron chi connectivity index (χ3n) is 2.21. The Hall–Kier alpha value is -1.94. The Labute approximate surface area is 122 Å². The van der Waals surface area contributed by atoms with Gasteiger partial charge in [-0.05, 0) is 12.1 Å². The van der Waals surface area contributed by atoms with E-state index in [-0.39, 0.29) is 27.2 Å². The zero-order valence-electron chi connectivity index (χ0n) is 9.66. The average molecular weight is 316 g/mol. The van der Waals surface area contributed by atoms with Gasteiger partial charge < -0.3 is 4.74 Å². The summed E-state index contributed by atoms with van der Waals surface area (Å²) in [6, 6.07) is 5.28. The van der Waals surface area contributed by atoms with E-state index in [9.17, 15) is 13.6 Å². The number of halogens is 4. The number of aliphatic imine (C=N–C) groups is 1. The molecule has 0 aliphatic carbocycles. The number of hydrogen-bond acceptors (Lipinski definition) is 3. The smallest absolute Gasteiger partial charge is 0.240 e. The summed E-state index contributed by atoms with van der Waals surface area (Å²) in [5.41, 5.74) is 0.188. The van der Waals surface area contributed by atoms with E-state index < -0.39 is 11.6 Å². The number of nitrogens with zero attached hydrogens (tertiary/aromatic N) is 1. The van der Waals surface area contributed by atoms with E-state index in [0.717, 1.165) is 12.1 Å². The topological polar surface area (TPSA) is 38.7 Å². The second kappa shape index (κ2) is 6.01. The van der Waals surface area contributed by atoms with Crippen LogP contribution >= 0.6 is 23.2 Å². The first-order valence-electron chi connectivity index (χ1n) is 5.20. The van der Waals surface area contributed by atoms with Crippen molar-refractivity contribution in [3.63, 3.8) is 0 Å². The summed E-state index contributed by atoms with van der Waals surface area (Å²) in [4.78, 5) is 13.5. The second-order valence-corrected chi connectivity index (χ2v) is 4.46. The van der Waals surface area contributed by atoms with Crippen molar-refractivity contribution in [1.82, 2.24) is 0 Å². The molecule has 2 aromatic carbocycles. The molecule has 0 fully saturated rings. The summed E-state index contributed by atoms with van der Waals surface area (Å²) in [5, 5.41) is 0.0762. The van der Waals surface area contributed by atoms with E-state index in [2.05, 4.69) is 4.99 Å². The quantitative estimate of drug-likeness (QED) is 0.588. The highest BCUT2D eigenvalue weighted by Gasteiger charge is 2.12. The Kier molecular flexibility index (Phi) is 4.35. The summed E-state index contributed by atoms with van der Waals surface area (Å²) in [5.74, 6) is -1.69. The van der Waals surface area contributed by atoms with E-state index in [1.165, 1.54) is 18.2 Å². The second-order valence-electron chi connectivity index (χ2n) is 3.65. The van der Waals surface area contributed by atoms with Gasteiger partial charge in [0, 0.05) is 18.2 Å². The molecule has 0 saturated carbocycles. The molecule has 0 aromatic heterocycles. The highest BCUT2D eigenvalue weighted by molar-refractivity contribution is 6.37. The predicted octanol–water partition coefficient (Wildman–Crippen LogP) is 5.03. The van der Waals surface area contributed by atoms with Crippen molar-refractivity contribution in [2.75, 3.05) is 0 Å². The number of carbonyl (C=O) groups excluding carboxylic acids is 1. The molecule has 0 N–H and O–H groups in total. The normalized spacial score (nSPS) is 10.0. The molecule has 0 saturated heterocycles. The maximum absolute atomic E-state index is 13.1. The number of hydrogen-bond donors (Lipinski definition) is 0. The molecular formula is C13H5Cl2F2NO2. The zero-order chi connectivity index (χ0) is 14.7. The fourth-order valence-corrected chi connectivity index (χ4v) is 2.02. The maximum atomic E-state index is 13.1. The number of isocyanates is 1. The van der Waals surface area contributed by atoms with Crippen LogP contribution in [0.15, 0.2) is 35.3 Å². The summed E-state index contributed by atoms with van der Waals surface area (Å²) in [6.45, 7) is 0. The Morgan fingerprint density at radius 1 is 1.00 bits per heavy atom. The monoisotopic (exact) mass is 315 g/mol. The molecular weight excluding hydrogens is 311 g/mol. The first-order chi connectivity index (χ1) is 9.49. The molecule has 7 heteroatoms. The molecule has 0 radical (unpaired) electrons. The van der Waals surface area contributed by atoms with Gasteiger partial charge in [-0.2, -0.15) is 4.99 Å². The number of benzene rings is 2. The van der Waals surface area contributed by atoms with E-state index in [0.29, 0.717) is 6.07 Å². The summed E-state index contributed by atoms with van der Waals surface area (Å²) >= 11 is 11.8. The SMILES string of the molecule is O=C=Nc1cc(Cl)c(Oc2cc(F)cc(F)c2)c(Cl)c1. The van der Waals surface area contributed by atoms with Gasteiger partial charge in [-0.15, -0.1) is 0 Å². The number of ether oxygens (including phenoxy) is 1. The molecule has 0 spiro atoms. The lowest BCUT2D eigenvalue weighted by atomic mass is 10.3. The summed E-state index contributed by atoms with van der Waals surface area (Å²) < 4.78 is 31.4. The van der Waals surface area contributed by atoms with Crippen molar-refractivity contribution in [3.8, 4) is 11.5 Å². The average Bonchev–Trinajstić information content (AvgIpc) is 2.33. The van der Waals surface area contributed by atoms with Crippen LogP contribution in [0.4, 0.5) is 14.5 Å². The Bertz CT molecular complexity index is 672. The third kappa shape index (κ3) is 3.33. The first kappa shape index (κ1) is 14.5. The highest BCUT2D eigenvalue weighted by Crippen LogP contribution is 2.39. The molecule has 0 aliphatic rings. The minimum atomic E-state index is -0.797. The molecule has 0 unspecified atom stereocenters. The zero-order valence-corrected chi connectivity index (χ0v) is 11.2. The first-order valence-corrected chi connectivity index (χ1v) is 5.96. The fourth-order valence-electron chi connectivity index (χ4n) is 1.47. The molecule has 0 aliphatic heterocycles. The van der Waals surface area contributed by atoms with Crippen LogP contribution in [-0.2, 0) is 4.79 Å². The van der Waals surface area contributed by atoms with Gasteiger partial charge in [0.25, 0.3) is 0 Å². The van der Waals surface area contributed by atoms with Crippen LogP contribution in [-0.4, -0.2) is 6.08 Å². The third-order valence-corrected chi connectivity index (χ3v) is 2.78. The highest BCUT2D eigenvalue weighted by atomic mass is 35.5. The van der Waals surface area contributed by atoms with Crippen LogP contribution in [0.3, 0.4) is 0 Å². The maximum Gasteiger partial charge on any atom is 0.240 e. The molecule has 0 heterocycles. The van der Waals surface area contributed by atoms with Crippen molar-refractivity contribution in [1.29, 1.82) is 0 Å². The van der Waals surface area contributed by atoms with Crippen LogP contribution in [0.2, 0.25) is 10.0 Å². The van der Waals surface area contributed by atoms with Crippen LogP contribution < -0.4 is 4.74 Å². The Balaban J connectivity index is 2.40. The van der Waals surface area contributed by atoms with E-state index in [4.69, 9.17) is 27.9 Å². The standard InChI is InChI=1S/C13H5Cl2F2NO2/c14-11-4-9(18-6-19)5-12(15)13(11)20-10-2-7(16)1-8(17)3-10/h1-5H. The van der Waals surface area contributed by atoms with Gasteiger partial charge in [-0.1, -0.05) is 23.2 Å². The lowest BCUT2D eigenvalue weighted by Crippen LogP contribution is -1.89. The largest absolute Gasteiger partial charge is 0.454 e. The minimum absolute atomic E-state index is 0.00295. The van der Waals surface area contributed by atoms with Crippen molar-refractivity contribution in [2.45, 2.75) is 0 Å². The van der Waals surface area contributed by atoms with Crippen molar-refractivity contribution >= 4 is 35.0 Å². The van der Waals surface area contributed by atoms with E-state index >= 15 is 0 Å². The number of rotatable bonds is 3. The van der Waals surface area contributed by atoms with Crippen LogP contribution in [0.25, 0.3) is 0 Å². The van der Waals surface area contributed by atoms with Crippen molar-refractivity contribution in [3.05, 3.63) is 52.0 Å². The predicted molar refractivity (Wildman–Crippen MR) is 70.7 cm³/mol. The van der Waals surface area contributed by atoms with Gasteiger partial charge in [0.2, 0.25) is 6.08 Å². The Morgan fingerprint density at radius 2 is 1.55 bits per heavy atom. The Morgan fingerprint density at radius 3 is 2.05 bits per heavy atom. The molecule has 0 amide bonds. The van der Waals surface area contributed by atoms with Gasteiger partial charge in [0.15, 0.2) is 5.75 Å². The van der Waals surface area contributed by atoms with Crippen molar-refractivity contribution < 1.29 is 18.3 Å². The lowest BCUT2D eigenvalue weighted by Gasteiger charge is -2.10. The molecule has 102 valence electrons. The summed E-state index contributed by atoms with van der Waals surface area (Å²) in [6.07, 6.45) is 1.34. The van der Waals surface area contributed by atoms with E-state index in [1.807, 2.05) is 0 Å². The molecule has 0 atom stereocenters.